The standard InChI is InChI=1S/2C4H9NO.C4H11N.C3H8O/c2*1-4(6)5(2)3;1-4-5(2)3;1-3-4-2/h2*1-3H3;4H2,1-3H3;3H2,1-2H3. The third kappa shape index (κ3) is 55.1. The van der Waals surface area contributed by atoms with Gasteiger partial charge in [-0.1, -0.05) is 6.92 Å². The minimum absolute atomic E-state index is 0.0926. The average Bonchev–Trinajstić information content (AvgIpc) is 2.40. The van der Waals surface area contributed by atoms with Crippen molar-refractivity contribution in [2.45, 2.75) is 27.7 Å². The van der Waals surface area contributed by atoms with Crippen LogP contribution >= 0.6 is 0 Å². The van der Waals surface area contributed by atoms with Crippen LogP contribution in [0.5, 0.6) is 0 Å². The van der Waals surface area contributed by atoms with E-state index in [0.717, 1.165) is 13.2 Å². The van der Waals surface area contributed by atoms with E-state index in [9.17, 15) is 9.59 Å². The summed E-state index contributed by atoms with van der Waals surface area (Å²) in [7, 11) is 12.7. The van der Waals surface area contributed by atoms with Crippen molar-refractivity contribution in [1.82, 2.24) is 14.7 Å². The van der Waals surface area contributed by atoms with E-state index < -0.39 is 0 Å². The lowest BCUT2D eigenvalue weighted by Gasteiger charge is -2.02. The van der Waals surface area contributed by atoms with Gasteiger partial charge in [-0.05, 0) is 27.6 Å². The predicted octanol–water partition coefficient (Wildman–Crippen LogP) is 1.41. The number of rotatable bonds is 2. The smallest absolute Gasteiger partial charge is 0.218 e. The van der Waals surface area contributed by atoms with E-state index in [-0.39, 0.29) is 11.8 Å². The maximum Gasteiger partial charge on any atom is 0.218 e. The number of hydrogen-bond acceptors (Lipinski definition) is 4. The van der Waals surface area contributed by atoms with Crippen LogP contribution in [0.15, 0.2) is 0 Å². The highest BCUT2D eigenvalue weighted by atomic mass is 16.5. The highest BCUT2D eigenvalue weighted by Gasteiger charge is 1.88. The number of carbonyl (C=O) groups excluding carboxylic acids is 2. The van der Waals surface area contributed by atoms with Gasteiger partial charge in [0.25, 0.3) is 0 Å². The summed E-state index contributed by atoms with van der Waals surface area (Å²) in [5, 5.41) is 0. The first-order valence-electron chi connectivity index (χ1n) is 6.97. The lowest BCUT2D eigenvalue weighted by atomic mass is 10.7. The van der Waals surface area contributed by atoms with Gasteiger partial charge in [-0.3, -0.25) is 9.59 Å². The first kappa shape index (κ1) is 28.1. The summed E-state index contributed by atoms with van der Waals surface area (Å²) in [5.41, 5.74) is 0. The highest BCUT2D eigenvalue weighted by molar-refractivity contribution is 5.72. The summed E-state index contributed by atoms with van der Waals surface area (Å²) in [5.74, 6) is 0.185. The number of carbonyl (C=O) groups is 2. The molecule has 0 heterocycles. The fourth-order valence-corrected chi connectivity index (χ4v) is 0. The molecule has 6 nitrogen and oxygen atoms in total. The molecule has 0 unspecified atom stereocenters. The minimum atomic E-state index is 0.0926. The predicted molar refractivity (Wildman–Crippen MR) is 90.5 cm³/mol. The maximum absolute atomic E-state index is 10.1. The number of nitrogens with zero attached hydrogens (tertiary/aromatic N) is 3. The molecule has 21 heavy (non-hydrogen) atoms. The molecule has 0 radical (unpaired) electrons. The van der Waals surface area contributed by atoms with Crippen molar-refractivity contribution in [3.63, 3.8) is 0 Å². The van der Waals surface area contributed by atoms with Crippen LogP contribution in [0, 0.1) is 0 Å². The third-order valence-electron chi connectivity index (χ3n) is 2.18. The molecular formula is C15H37N3O3. The Labute approximate surface area is 132 Å². The van der Waals surface area contributed by atoms with Crippen LogP contribution in [0.3, 0.4) is 0 Å². The fourth-order valence-electron chi connectivity index (χ4n) is 0. The van der Waals surface area contributed by atoms with Gasteiger partial charge in [0.05, 0.1) is 0 Å². The van der Waals surface area contributed by atoms with Crippen LogP contribution in [0.4, 0.5) is 0 Å². The van der Waals surface area contributed by atoms with Crippen molar-refractivity contribution in [3.05, 3.63) is 0 Å². The van der Waals surface area contributed by atoms with Gasteiger partial charge >= 0.3 is 0 Å². The number of ether oxygens (including phenoxy) is 1. The summed E-state index contributed by atoms with van der Waals surface area (Å²) in [4.78, 5) is 25.3. The number of hydrogen-bond donors (Lipinski definition) is 0. The summed E-state index contributed by atoms with van der Waals surface area (Å²) < 4.78 is 4.54. The minimum Gasteiger partial charge on any atom is -0.385 e. The number of methoxy groups -OCH3 is 1. The van der Waals surface area contributed by atoms with Crippen LogP contribution in [0.2, 0.25) is 0 Å². The van der Waals surface area contributed by atoms with Gasteiger partial charge in [-0.25, -0.2) is 0 Å². The van der Waals surface area contributed by atoms with Gasteiger partial charge in [0.15, 0.2) is 0 Å². The quantitative estimate of drug-likeness (QED) is 0.774. The molecule has 0 bridgehead atoms. The molecule has 0 aromatic rings. The van der Waals surface area contributed by atoms with Gasteiger partial charge in [0, 0.05) is 55.8 Å². The van der Waals surface area contributed by atoms with E-state index >= 15 is 0 Å². The molecule has 0 N–H and O–H groups in total. The molecule has 0 aliphatic rings. The van der Waals surface area contributed by atoms with E-state index in [1.807, 2.05) is 6.92 Å². The topological polar surface area (TPSA) is 53.1 Å². The summed E-state index contributed by atoms with van der Waals surface area (Å²) >= 11 is 0. The highest BCUT2D eigenvalue weighted by Crippen LogP contribution is 1.70. The monoisotopic (exact) mass is 307 g/mol. The zero-order valence-electron chi connectivity index (χ0n) is 16.0. The first-order chi connectivity index (χ1) is 9.47. The van der Waals surface area contributed by atoms with E-state index in [4.69, 9.17) is 0 Å². The molecule has 0 atom stereocenters. The van der Waals surface area contributed by atoms with Gasteiger partial charge in [0.2, 0.25) is 11.8 Å². The molecule has 0 saturated carbocycles. The Balaban J connectivity index is -0.0000000929. The lowest BCUT2D eigenvalue weighted by Crippen LogP contribution is -2.17. The van der Waals surface area contributed by atoms with Crippen LogP contribution in [0.25, 0.3) is 0 Å². The molecule has 0 aliphatic heterocycles. The van der Waals surface area contributed by atoms with E-state index in [0.29, 0.717) is 0 Å². The van der Waals surface area contributed by atoms with Crippen molar-refractivity contribution in [3.8, 4) is 0 Å². The van der Waals surface area contributed by atoms with Crippen molar-refractivity contribution in [1.29, 1.82) is 0 Å². The zero-order chi connectivity index (χ0) is 18.0. The Hall–Kier alpha value is -1.14. The SMILES string of the molecule is CC(=O)N(C)C.CC(=O)N(C)C.CCN(C)C.CCOC. The van der Waals surface area contributed by atoms with Gasteiger partial charge in [-0.2, -0.15) is 0 Å². The van der Waals surface area contributed by atoms with Gasteiger partial charge < -0.3 is 19.4 Å². The van der Waals surface area contributed by atoms with E-state index in [2.05, 4.69) is 30.7 Å². The van der Waals surface area contributed by atoms with E-state index in [1.54, 1.807) is 35.3 Å². The molecule has 0 aromatic carbocycles. The molecule has 0 aliphatic carbocycles. The van der Waals surface area contributed by atoms with Crippen molar-refractivity contribution in [2.24, 2.45) is 0 Å². The second-order valence-corrected chi connectivity index (χ2v) is 4.80. The number of amides is 2. The van der Waals surface area contributed by atoms with Gasteiger partial charge in [-0.15, -0.1) is 0 Å². The molecule has 0 rings (SSSR count). The Kier molecular flexibility index (Phi) is 28.3. The molecule has 0 saturated heterocycles. The molecule has 0 fully saturated rings. The van der Waals surface area contributed by atoms with E-state index in [1.165, 1.54) is 23.6 Å². The Bertz CT molecular complexity index is 210. The summed E-state index contributed by atoms with van der Waals surface area (Å²) in [6.07, 6.45) is 0. The average molecular weight is 307 g/mol. The van der Waals surface area contributed by atoms with Crippen molar-refractivity contribution in [2.75, 3.05) is 62.5 Å². The molecule has 2 amide bonds. The molecule has 6 heteroatoms. The van der Waals surface area contributed by atoms with Crippen LogP contribution < -0.4 is 0 Å². The van der Waals surface area contributed by atoms with Crippen LogP contribution in [-0.2, 0) is 14.3 Å². The van der Waals surface area contributed by atoms with Crippen molar-refractivity contribution < 1.29 is 14.3 Å². The van der Waals surface area contributed by atoms with Crippen LogP contribution in [0.1, 0.15) is 27.7 Å². The maximum atomic E-state index is 10.1. The Morgan fingerprint density at radius 3 is 0.952 bits per heavy atom. The summed E-state index contributed by atoms with van der Waals surface area (Å²) in [6.45, 7) is 9.10. The Morgan fingerprint density at radius 2 is 0.952 bits per heavy atom. The zero-order valence-corrected chi connectivity index (χ0v) is 16.0. The normalized spacial score (nSPS) is 8.19. The first-order valence-corrected chi connectivity index (χ1v) is 6.97. The molecule has 0 aromatic heterocycles. The summed E-state index contributed by atoms with van der Waals surface area (Å²) in [6, 6.07) is 0. The second-order valence-electron chi connectivity index (χ2n) is 4.80. The molecule has 130 valence electrons. The molecular weight excluding hydrogens is 270 g/mol. The lowest BCUT2D eigenvalue weighted by molar-refractivity contribution is -0.127. The fraction of sp³-hybridized carbons (Fsp3) is 0.867. The Morgan fingerprint density at radius 1 is 0.810 bits per heavy atom. The third-order valence-corrected chi connectivity index (χ3v) is 2.18. The largest absolute Gasteiger partial charge is 0.385 e. The van der Waals surface area contributed by atoms with Gasteiger partial charge in [0.1, 0.15) is 0 Å². The van der Waals surface area contributed by atoms with Crippen LogP contribution in [-0.4, -0.2) is 89.1 Å². The van der Waals surface area contributed by atoms with Crippen molar-refractivity contribution >= 4 is 11.8 Å². The molecule has 0 spiro atoms. The second kappa shape index (κ2) is 21.2.